The van der Waals surface area contributed by atoms with E-state index in [9.17, 15) is 19.7 Å². The second kappa shape index (κ2) is 7.21. The van der Waals surface area contributed by atoms with Gasteiger partial charge < -0.3 is 14.2 Å². The van der Waals surface area contributed by atoms with Gasteiger partial charge in [-0.3, -0.25) is 19.7 Å². The van der Waals surface area contributed by atoms with Crippen molar-refractivity contribution in [3.8, 4) is 5.75 Å². The molecule has 2 aliphatic heterocycles. The number of rotatable bonds is 5. The van der Waals surface area contributed by atoms with Crippen molar-refractivity contribution in [1.29, 1.82) is 0 Å². The van der Waals surface area contributed by atoms with Gasteiger partial charge in [0.1, 0.15) is 11.8 Å². The summed E-state index contributed by atoms with van der Waals surface area (Å²) in [6, 6.07) is 4.46. The first-order chi connectivity index (χ1) is 13.2. The first-order valence-corrected chi connectivity index (χ1v) is 9.11. The summed E-state index contributed by atoms with van der Waals surface area (Å²) < 4.78 is 16.4. The fraction of sp³-hybridized carbons (Fsp3) is 0.526. The molecule has 0 aromatic heterocycles. The van der Waals surface area contributed by atoms with Gasteiger partial charge in [-0.15, -0.1) is 0 Å². The van der Waals surface area contributed by atoms with Crippen molar-refractivity contribution in [2.75, 3.05) is 13.2 Å². The van der Waals surface area contributed by atoms with Crippen LogP contribution >= 0.6 is 0 Å². The molecular weight excluding hydrogens is 368 g/mol. The van der Waals surface area contributed by atoms with Crippen molar-refractivity contribution < 1.29 is 28.7 Å². The van der Waals surface area contributed by atoms with Crippen molar-refractivity contribution in [1.82, 2.24) is 0 Å². The van der Waals surface area contributed by atoms with Gasteiger partial charge in [-0.05, 0) is 27.7 Å². The zero-order valence-electron chi connectivity index (χ0n) is 16.1. The first-order valence-electron chi connectivity index (χ1n) is 9.11. The van der Waals surface area contributed by atoms with Crippen LogP contribution in [0.1, 0.15) is 39.2 Å². The summed E-state index contributed by atoms with van der Waals surface area (Å²) in [6.45, 7) is 6.91. The SMILES string of the molecule is CCOC(=O)C1C(C)=NC2(C)Oc3c(cccc3[N+](=O)[O-])C1C2C(=O)OCC. The van der Waals surface area contributed by atoms with E-state index in [0.29, 0.717) is 11.3 Å². The Morgan fingerprint density at radius 1 is 1.25 bits per heavy atom. The third-order valence-electron chi connectivity index (χ3n) is 5.11. The van der Waals surface area contributed by atoms with E-state index in [1.807, 2.05) is 0 Å². The molecule has 9 heteroatoms. The number of ether oxygens (including phenoxy) is 3. The molecule has 0 fully saturated rings. The highest BCUT2D eigenvalue weighted by Crippen LogP contribution is 2.55. The van der Waals surface area contributed by atoms with Gasteiger partial charge in [0.05, 0.1) is 18.1 Å². The lowest BCUT2D eigenvalue weighted by Crippen LogP contribution is -2.57. The first kappa shape index (κ1) is 19.8. The maximum Gasteiger partial charge on any atom is 0.315 e. The molecule has 0 amide bonds. The van der Waals surface area contributed by atoms with Gasteiger partial charge in [-0.1, -0.05) is 12.1 Å². The van der Waals surface area contributed by atoms with Gasteiger partial charge in [0.15, 0.2) is 0 Å². The molecular formula is C19H22N2O7. The van der Waals surface area contributed by atoms with E-state index in [0.717, 1.165) is 0 Å². The fourth-order valence-electron chi connectivity index (χ4n) is 4.13. The van der Waals surface area contributed by atoms with E-state index in [-0.39, 0.29) is 24.7 Å². The molecule has 0 N–H and O–H groups in total. The zero-order valence-corrected chi connectivity index (χ0v) is 16.1. The normalized spacial score (nSPS) is 27.7. The second-order valence-electron chi connectivity index (χ2n) is 6.85. The van der Waals surface area contributed by atoms with Crippen LogP contribution in [0.15, 0.2) is 23.2 Å². The number of aliphatic imine (C=N–C) groups is 1. The second-order valence-corrected chi connectivity index (χ2v) is 6.85. The Balaban J connectivity index is 2.26. The maximum absolute atomic E-state index is 12.8. The van der Waals surface area contributed by atoms with E-state index in [1.165, 1.54) is 12.1 Å². The average molecular weight is 390 g/mol. The van der Waals surface area contributed by atoms with E-state index >= 15 is 0 Å². The Kier molecular flexibility index (Phi) is 5.10. The molecule has 150 valence electrons. The summed E-state index contributed by atoms with van der Waals surface area (Å²) in [4.78, 5) is 41.0. The van der Waals surface area contributed by atoms with E-state index < -0.39 is 40.3 Å². The Morgan fingerprint density at radius 3 is 2.50 bits per heavy atom. The lowest BCUT2D eigenvalue weighted by Gasteiger charge is -2.48. The van der Waals surface area contributed by atoms with Crippen LogP contribution in [0.4, 0.5) is 5.69 Å². The number of hydrogen-bond donors (Lipinski definition) is 0. The van der Waals surface area contributed by atoms with Crippen LogP contribution in [0.25, 0.3) is 0 Å². The van der Waals surface area contributed by atoms with E-state index in [2.05, 4.69) is 4.99 Å². The van der Waals surface area contributed by atoms with Crippen molar-refractivity contribution in [2.24, 2.45) is 16.8 Å². The van der Waals surface area contributed by atoms with Crippen LogP contribution in [-0.2, 0) is 19.1 Å². The summed E-state index contributed by atoms with van der Waals surface area (Å²) in [6.07, 6.45) is 0. The largest absolute Gasteiger partial charge is 0.466 e. The Hall–Kier alpha value is -2.97. The molecule has 3 rings (SSSR count). The maximum atomic E-state index is 12.8. The highest BCUT2D eigenvalue weighted by molar-refractivity contribution is 6.04. The van der Waals surface area contributed by atoms with Crippen LogP contribution in [0.2, 0.25) is 0 Å². The number of carbonyl (C=O) groups is 2. The number of nitrogens with zero attached hydrogens (tertiary/aromatic N) is 2. The van der Waals surface area contributed by atoms with Gasteiger partial charge in [-0.25, -0.2) is 4.99 Å². The minimum Gasteiger partial charge on any atom is -0.466 e. The zero-order chi connectivity index (χ0) is 20.6. The Labute approximate surface area is 161 Å². The molecule has 2 heterocycles. The molecule has 2 aliphatic rings. The van der Waals surface area contributed by atoms with Crippen LogP contribution in [0.3, 0.4) is 0 Å². The molecule has 4 unspecified atom stereocenters. The van der Waals surface area contributed by atoms with Crippen LogP contribution in [0, 0.1) is 22.0 Å². The van der Waals surface area contributed by atoms with E-state index in [1.54, 1.807) is 33.8 Å². The third-order valence-corrected chi connectivity index (χ3v) is 5.11. The summed E-state index contributed by atoms with van der Waals surface area (Å²) >= 11 is 0. The monoisotopic (exact) mass is 390 g/mol. The Morgan fingerprint density at radius 2 is 1.89 bits per heavy atom. The van der Waals surface area contributed by atoms with E-state index in [4.69, 9.17) is 14.2 Å². The number of para-hydroxylation sites is 1. The molecule has 0 aliphatic carbocycles. The van der Waals surface area contributed by atoms with Crippen molar-refractivity contribution in [2.45, 2.75) is 39.3 Å². The number of fused-ring (bicyclic) bond motifs is 4. The van der Waals surface area contributed by atoms with Gasteiger partial charge in [-0.2, -0.15) is 0 Å². The molecule has 0 saturated heterocycles. The lowest BCUT2D eigenvalue weighted by molar-refractivity contribution is -0.386. The minimum absolute atomic E-state index is 0.0195. The quantitative estimate of drug-likeness (QED) is 0.431. The number of esters is 2. The van der Waals surface area contributed by atoms with Gasteiger partial charge in [0.25, 0.3) is 0 Å². The topological polar surface area (TPSA) is 117 Å². The predicted octanol–water partition coefficient (Wildman–Crippen LogP) is 2.62. The molecule has 0 spiro atoms. The average Bonchev–Trinajstić information content (AvgIpc) is 2.60. The predicted molar refractivity (Wildman–Crippen MR) is 98.2 cm³/mol. The van der Waals surface area contributed by atoms with Crippen LogP contribution in [-0.4, -0.2) is 41.5 Å². The highest BCUT2D eigenvalue weighted by atomic mass is 16.6. The summed E-state index contributed by atoms with van der Waals surface area (Å²) in [5, 5.41) is 11.5. The van der Waals surface area contributed by atoms with Crippen molar-refractivity contribution in [3.05, 3.63) is 33.9 Å². The Bertz CT molecular complexity index is 866. The van der Waals surface area contributed by atoms with Gasteiger partial charge in [0, 0.05) is 23.3 Å². The number of hydrogen-bond acceptors (Lipinski definition) is 8. The summed E-state index contributed by atoms with van der Waals surface area (Å²) in [5.41, 5.74) is -0.822. The van der Waals surface area contributed by atoms with Gasteiger partial charge >= 0.3 is 17.6 Å². The molecule has 1 aromatic carbocycles. The standard InChI is InChI=1S/C19H22N2O7/c1-5-26-17(22)13-10(3)20-19(4)15(18(23)27-6-2)14(13)11-8-7-9-12(21(24)25)16(11)28-19/h7-9,13-15H,5-6H2,1-4H3. The van der Waals surface area contributed by atoms with Crippen molar-refractivity contribution >= 4 is 23.3 Å². The third kappa shape index (κ3) is 3.00. The number of nitro groups is 1. The molecule has 4 atom stereocenters. The van der Waals surface area contributed by atoms with Gasteiger partial charge in [0.2, 0.25) is 11.5 Å². The highest BCUT2D eigenvalue weighted by Gasteiger charge is 2.60. The number of nitro benzene ring substituents is 1. The molecule has 28 heavy (non-hydrogen) atoms. The lowest BCUT2D eigenvalue weighted by atomic mass is 9.67. The summed E-state index contributed by atoms with van der Waals surface area (Å²) in [7, 11) is 0. The van der Waals surface area contributed by atoms with Crippen molar-refractivity contribution in [3.63, 3.8) is 0 Å². The fourth-order valence-corrected chi connectivity index (χ4v) is 4.13. The summed E-state index contributed by atoms with van der Waals surface area (Å²) in [5.74, 6) is -3.65. The van der Waals surface area contributed by atoms with Crippen LogP contribution < -0.4 is 4.74 Å². The number of benzene rings is 1. The minimum atomic E-state index is -1.43. The molecule has 2 bridgehead atoms. The molecule has 1 aromatic rings. The molecule has 9 nitrogen and oxygen atoms in total. The smallest absolute Gasteiger partial charge is 0.315 e. The number of carbonyl (C=O) groups excluding carboxylic acids is 2. The van der Waals surface area contributed by atoms with Crippen LogP contribution in [0.5, 0.6) is 5.75 Å². The molecule has 0 radical (unpaired) electrons. The molecule has 0 saturated carbocycles.